The maximum Gasteiger partial charge on any atom is 0.185 e. The molecule has 172 valence electrons. The summed E-state index contributed by atoms with van der Waals surface area (Å²) in [5.74, 6) is 0.196. The number of nitrogen functional groups attached to an aromatic ring is 1. The number of likely N-dealkylation sites (N-methyl/N-ethyl adjacent to an activating group) is 1. The number of carbonyl (C=O) groups is 2. The van der Waals surface area contributed by atoms with E-state index < -0.39 is 0 Å². The first-order valence-electron chi connectivity index (χ1n) is 11.5. The molecule has 5 rings (SSSR count). The minimum atomic E-state index is -0.0690. The van der Waals surface area contributed by atoms with Gasteiger partial charge < -0.3 is 5.73 Å². The Hall–Kier alpha value is -3.35. The maximum atomic E-state index is 13.0. The molecule has 4 aromatic rings. The Labute approximate surface area is 203 Å². The van der Waals surface area contributed by atoms with Gasteiger partial charge in [0.05, 0.1) is 6.04 Å². The third-order valence-corrected chi connectivity index (χ3v) is 7.56. The van der Waals surface area contributed by atoms with Crippen molar-refractivity contribution in [3.63, 3.8) is 0 Å². The third-order valence-electron chi connectivity index (χ3n) is 6.64. The van der Waals surface area contributed by atoms with Crippen LogP contribution >= 0.6 is 11.3 Å². The molecule has 1 atom stereocenters. The molecule has 1 aliphatic heterocycles. The molecule has 34 heavy (non-hydrogen) atoms. The Morgan fingerprint density at radius 2 is 1.97 bits per heavy atom. The normalized spacial score (nSPS) is 16.2. The number of thiophene rings is 1. The number of hydrogen-bond acceptors (Lipinski definition) is 6. The van der Waals surface area contributed by atoms with Crippen molar-refractivity contribution in [1.82, 2.24) is 9.88 Å². The molecular weight excluding hydrogens is 442 g/mol. The topological polar surface area (TPSA) is 76.3 Å². The number of fused-ring (bicyclic) bond motifs is 1. The zero-order valence-corrected chi connectivity index (χ0v) is 20.0. The first kappa shape index (κ1) is 22.4. The highest BCUT2D eigenvalue weighted by atomic mass is 32.1. The highest BCUT2D eigenvalue weighted by molar-refractivity contribution is 7.13. The van der Waals surface area contributed by atoms with E-state index in [2.05, 4.69) is 16.0 Å². The van der Waals surface area contributed by atoms with E-state index in [0.717, 1.165) is 51.7 Å². The third kappa shape index (κ3) is 4.65. The van der Waals surface area contributed by atoms with Crippen LogP contribution in [0.15, 0.2) is 66.2 Å². The fraction of sp³-hybridized carbons (Fsp3) is 0.250. The molecule has 5 nitrogen and oxygen atoms in total. The highest BCUT2D eigenvalue weighted by Gasteiger charge is 2.27. The van der Waals surface area contributed by atoms with E-state index in [9.17, 15) is 9.59 Å². The van der Waals surface area contributed by atoms with Crippen molar-refractivity contribution in [2.24, 2.45) is 0 Å². The van der Waals surface area contributed by atoms with E-state index >= 15 is 0 Å². The van der Waals surface area contributed by atoms with Crippen LogP contribution in [0, 0.1) is 0 Å². The second-order valence-corrected chi connectivity index (χ2v) is 9.97. The number of anilines is 1. The Kier molecular flexibility index (Phi) is 6.26. The van der Waals surface area contributed by atoms with Gasteiger partial charge in [0, 0.05) is 35.0 Å². The lowest BCUT2D eigenvalue weighted by atomic mass is 9.98. The number of likely N-dealkylation sites (tertiary alicyclic amines) is 1. The molecule has 1 fully saturated rings. The van der Waals surface area contributed by atoms with Crippen molar-refractivity contribution in [3.8, 4) is 10.4 Å². The van der Waals surface area contributed by atoms with E-state index in [4.69, 9.17) is 5.73 Å². The van der Waals surface area contributed by atoms with E-state index in [-0.39, 0.29) is 24.0 Å². The fourth-order valence-electron chi connectivity index (χ4n) is 4.71. The number of ketones is 2. The predicted octanol–water partition coefficient (Wildman–Crippen LogP) is 5.18. The SMILES string of the molecule is CN1CCCC1C(=O)Cc1ccc2cc(C(=O)Cc3cc(-c4cccs4)ccc3N)ncc2c1. The second kappa shape index (κ2) is 9.49. The molecule has 0 saturated carbocycles. The number of aromatic nitrogens is 1. The predicted molar refractivity (Wildman–Crippen MR) is 138 cm³/mol. The largest absolute Gasteiger partial charge is 0.398 e. The van der Waals surface area contributed by atoms with Crippen molar-refractivity contribution in [2.75, 3.05) is 19.3 Å². The average Bonchev–Trinajstić information content (AvgIpc) is 3.52. The van der Waals surface area contributed by atoms with E-state index in [0.29, 0.717) is 17.8 Å². The van der Waals surface area contributed by atoms with Crippen LogP contribution in [0.4, 0.5) is 5.69 Å². The molecule has 0 aliphatic carbocycles. The van der Waals surface area contributed by atoms with Crippen molar-refractivity contribution < 1.29 is 9.59 Å². The standard InChI is InChI=1S/C28H27N3O2S/c1-31-10-2-4-25(31)27(33)13-18-6-7-19-15-24(30-17-22(19)12-18)26(32)16-21-14-20(8-9-23(21)29)28-5-3-11-34-28/h3,5-9,11-12,14-15,17,25H,2,4,10,13,16,29H2,1H3. The van der Waals surface area contributed by atoms with Crippen molar-refractivity contribution >= 4 is 39.4 Å². The molecular formula is C28H27N3O2S. The van der Waals surface area contributed by atoms with Gasteiger partial charge in [-0.05, 0) is 84.2 Å². The fourth-order valence-corrected chi connectivity index (χ4v) is 5.43. The number of pyridine rings is 1. The van der Waals surface area contributed by atoms with Gasteiger partial charge in [-0.3, -0.25) is 19.5 Å². The Bertz CT molecular complexity index is 1360. The lowest BCUT2D eigenvalue weighted by Gasteiger charge is -2.18. The summed E-state index contributed by atoms with van der Waals surface area (Å²) in [6.45, 7) is 0.985. The molecule has 3 heterocycles. The summed E-state index contributed by atoms with van der Waals surface area (Å²) in [5, 5.41) is 3.90. The number of carbonyl (C=O) groups excluding carboxylic acids is 2. The van der Waals surface area contributed by atoms with Crippen LogP contribution in [0.1, 0.15) is 34.5 Å². The average molecular weight is 470 g/mol. The molecule has 1 aliphatic rings. The molecule has 6 heteroatoms. The summed E-state index contributed by atoms with van der Waals surface area (Å²) >= 11 is 1.66. The van der Waals surface area contributed by atoms with Gasteiger partial charge in [0.1, 0.15) is 5.69 Å². The van der Waals surface area contributed by atoms with Crippen LogP contribution in [-0.2, 0) is 17.6 Å². The molecule has 2 N–H and O–H groups in total. The zero-order valence-electron chi connectivity index (χ0n) is 19.2. The molecule has 0 amide bonds. The van der Waals surface area contributed by atoms with E-state index in [1.54, 1.807) is 17.5 Å². The second-order valence-electron chi connectivity index (χ2n) is 9.02. The zero-order chi connectivity index (χ0) is 23.7. The molecule has 0 bridgehead atoms. The summed E-state index contributed by atoms with van der Waals surface area (Å²) in [5.41, 5.74) is 10.1. The van der Waals surface area contributed by atoms with Crippen molar-refractivity contribution in [2.45, 2.75) is 31.7 Å². The van der Waals surface area contributed by atoms with Crippen LogP contribution in [-0.4, -0.2) is 41.1 Å². The smallest absolute Gasteiger partial charge is 0.185 e. The van der Waals surface area contributed by atoms with Gasteiger partial charge >= 0.3 is 0 Å². The molecule has 2 aromatic heterocycles. The summed E-state index contributed by atoms with van der Waals surface area (Å²) in [6.07, 6.45) is 4.37. The summed E-state index contributed by atoms with van der Waals surface area (Å²) < 4.78 is 0. The molecule has 2 aromatic carbocycles. The van der Waals surface area contributed by atoms with Crippen LogP contribution in [0.2, 0.25) is 0 Å². The first-order chi connectivity index (χ1) is 16.5. The monoisotopic (exact) mass is 469 g/mol. The number of hydrogen-bond donors (Lipinski definition) is 1. The molecule has 1 saturated heterocycles. The number of rotatable bonds is 7. The van der Waals surface area contributed by atoms with E-state index in [1.807, 2.05) is 61.0 Å². The number of nitrogens with two attached hydrogens (primary N) is 1. The van der Waals surface area contributed by atoms with Gasteiger partial charge in [-0.2, -0.15) is 0 Å². The van der Waals surface area contributed by atoms with Gasteiger partial charge in [-0.15, -0.1) is 11.3 Å². The summed E-state index contributed by atoms with van der Waals surface area (Å²) in [7, 11) is 2.02. The maximum absolute atomic E-state index is 13.0. The van der Waals surface area contributed by atoms with Crippen LogP contribution in [0.5, 0.6) is 0 Å². The Balaban J connectivity index is 1.32. The van der Waals surface area contributed by atoms with Gasteiger partial charge in [0.2, 0.25) is 0 Å². The lowest BCUT2D eigenvalue weighted by Crippen LogP contribution is -2.33. The van der Waals surface area contributed by atoms with Gasteiger partial charge in [-0.25, -0.2) is 0 Å². The van der Waals surface area contributed by atoms with Gasteiger partial charge in [-0.1, -0.05) is 24.3 Å². The van der Waals surface area contributed by atoms with E-state index in [1.165, 1.54) is 0 Å². The van der Waals surface area contributed by atoms with Gasteiger partial charge in [0.25, 0.3) is 0 Å². The van der Waals surface area contributed by atoms with Crippen LogP contribution < -0.4 is 5.73 Å². The van der Waals surface area contributed by atoms with Gasteiger partial charge in [0.15, 0.2) is 11.6 Å². The van der Waals surface area contributed by atoms with Crippen LogP contribution in [0.25, 0.3) is 21.2 Å². The number of nitrogens with zero attached hydrogens (tertiary/aromatic N) is 2. The lowest BCUT2D eigenvalue weighted by molar-refractivity contribution is -0.122. The van der Waals surface area contributed by atoms with Crippen molar-refractivity contribution in [3.05, 3.63) is 83.0 Å². The minimum Gasteiger partial charge on any atom is -0.398 e. The Morgan fingerprint density at radius 1 is 1.09 bits per heavy atom. The summed E-state index contributed by atoms with van der Waals surface area (Å²) in [6, 6.07) is 17.7. The van der Waals surface area contributed by atoms with Crippen molar-refractivity contribution in [1.29, 1.82) is 0 Å². The highest BCUT2D eigenvalue weighted by Crippen LogP contribution is 2.28. The molecule has 0 radical (unpaired) electrons. The molecule has 0 spiro atoms. The summed E-state index contributed by atoms with van der Waals surface area (Å²) in [4.78, 5) is 33.4. The van der Waals surface area contributed by atoms with Crippen LogP contribution in [0.3, 0.4) is 0 Å². The minimum absolute atomic E-state index is 0.0274. The quantitative estimate of drug-likeness (QED) is 0.298. The Morgan fingerprint density at radius 3 is 2.74 bits per heavy atom. The molecule has 1 unspecified atom stereocenters. The number of Topliss-reactive ketones (excluding diaryl/α,β-unsaturated/α-hetero) is 2. The first-order valence-corrected chi connectivity index (χ1v) is 12.4. The number of benzene rings is 2.